The number of alkyl halides is 3. The van der Waals surface area contributed by atoms with E-state index < -0.39 is 23.7 Å². The van der Waals surface area contributed by atoms with Crippen LogP contribution in [0.15, 0.2) is 104 Å². The van der Waals surface area contributed by atoms with E-state index >= 15 is 0 Å². The van der Waals surface area contributed by atoms with Gasteiger partial charge < -0.3 is 14.2 Å². The molecule has 0 fully saturated rings. The van der Waals surface area contributed by atoms with E-state index in [9.17, 15) is 22.8 Å². The number of esters is 2. The first-order valence-corrected chi connectivity index (χ1v) is 10.5. The van der Waals surface area contributed by atoms with Crippen LogP contribution in [0, 0.1) is 0 Å². The highest BCUT2D eigenvalue weighted by Gasteiger charge is 2.34. The van der Waals surface area contributed by atoms with Crippen LogP contribution in [-0.4, -0.2) is 11.9 Å². The molecular formula is C28H21F3O5. The molecule has 3 aromatic carbocycles. The molecule has 0 bridgehead atoms. The molecule has 0 atom stereocenters. The summed E-state index contributed by atoms with van der Waals surface area (Å²) in [5.41, 5.74) is 1.18. The van der Waals surface area contributed by atoms with Gasteiger partial charge in [-0.2, -0.15) is 13.2 Å². The number of hydrogen-bond acceptors (Lipinski definition) is 5. The summed E-state index contributed by atoms with van der Waals surface area (Å²) in [4.78, 5) is 22.6. The minimum atomic E-state index is -4.64. The van der Waals surface area contributed by atoms with Gasteiger partial charge in [-0.15, -0.1) is 0 Å². The third-order valence-corrected chi connectivity index (χ3v) is 4.85. The molecule has 0 aliphatic rings. The topological polar surface area (TPSA) is 61.8 Å². The Morgan fingerprint density at radius 3 is 1.94 bits per heavy atom. The van der Waals surface area contributed by atoms with Gasteiger partial charge in [0.15, 0.2) is 0 Å². The summed E-state index contributed by atoms with van der Waals surface area (Å²) < 4.78 is 56.3. The van der Waals surface area contributed by atoms with Crippen LogP contribution in [0.5, 0.6) is 11.5 Å². The average Bonchev–Trinajstić information content (AvgIpc) is 2.86. The van der Waals surface area contributed by atoms with E-state index in [0.29, 0.717) is 11.3 Å². The Labute approximate surface area is 205 Å². The summed E-state index contributed by atoms with van der Waals surface area (Å²) in [6.45, 7) is 8.20. The van der Waals surface area contributed by atoms with Crippen molar-refractivity contribution in [3.05, 3.63) is 110 Å². The van der Waals surface area contributed by atoms with Crippen molar-refractivity contribution in [1.29, 1.82) is 0 Å². The normalized spacial score (nSPS) is 11.1. The van der Waals surface area contributed by atoms with Gasteiger partial charge in [0.2, 0.25) is 0 Å². The fraction of sp³-hybridized carbons (Fsp3) is 0.0714. The van der Waals surface area contributed by atoms with Gasteiger partial charge in [-0.1, -0.05) is 55.6 Å². The van der Waals surface area contributed by atoms with Gasteiger partial charge in [0.05, 0.1) is 5.56 Å². The zero-order chi connectivity index (χ0) is 26.3. The molecule has 0 amide bonds. The van der Waals surface area contributed by atoms with Gasteiger partial charge in [-0.25, -0.2) is 9.59 Å². The Morgan fingerprint density at radius 1 is 0.833 bits per heavy atom. The molecule has 0 spiro atoms. The molecule has 3 aromatic rings. The van der Waals surface area contributed by atoms with E-state index in [1.165, 1.54) is 19.1 Å². The molecule has 8 heteroatoms. The van der Waals surface area contributed by atoms with Crippen LogP contribution in [0.4, 0.5) is 13.2 Å². The van der Waals surface area contributed by atoms with Crippen molar-refractivity contribution < 1.29 is 37.0 Å². The van der Waals surface area contributed by atoms with Crippen molar-refractivity contribution in [3.63, 3.8) is 0 Å². The van der Waals surface area contributed by atoms with Gasteiger partial charge >= 0.3 is 18.1 Å². The Hall–Kier alpha value is -4.59. The van der Waals surface area contributed by atoms with Crippen molar-refractivity contribution in [3.8, 4) is 33.8 Å². The van der Waals surface area contributed by atoms with Crippen LogP contribution in [0.2, 0.25) is 0 Å². The lowest BCUT2D eigenvalue weighted by Crippen LogP contribution is -2.07. The second kappa shape index (κ2) is 11.2. The summed E-state index contributed by atoms with van der Waals surface area (Å²) in [5.74, 6) is -0.994. The minimum absolute atomic E-state index is 0.0224. The maximum Gasteiger partial charge on any atom is 0.417 e. The lowest BCUT2D eigenvalue weighted by atomic mass is 9.96. The highest BCUT2D eigenvalue weighted by Crippen LogP contribution is 2.39. The number of halogens is 3. The monoisotopic (exact) mass is 494 g/mol. The average molecular weight is 494 g/mol. The van der Waals surface area contributed by atoms with Crippen LogP contribution in [0.3, 0.4) is 0 Å². The van der Waals surface area contributed by atoms with Crippen molar-refractivity contribution in [2.45, 2.75) is 13.1 Å². The van der Waals surface area contributed by atoms with Crippen LogP contribution in [0.1, 0.15) is 12.5 Å². The second-order valence-corrected chi connectivity index (χ2v) is 7.51. The van der Waals surface area contributed by atoms with Gasteiger partial charge in [0, 0.05) is 11.6 Å². The molecule has 0 saturated heterocycles. The highest BCUT2D eigenvalue weighted by atomic mass is 19.4. The second-order valence-electron chi connectivity index (χ2n) is 7.51. The van der Waals surface area contributed by atoms with Crippen LogP contribution >= 0.6 is 0 Å². The SMILES string of the molecule is C=CC(=O)Oc1ccc(-c2ccc(-c3ccc(O/C=C\OC(=O)C(=C)C)cc3C(F)(F)F)cc2)cc1. The largest absolute Gasteiger partial charge is 0.462 e. The fourth-order valence-corrected chi connectivity index (χ4v) is 3.09. The maximum atomic E-state index is 13.8. The van der Waals surface area contributed by atoms with Crippen molar-refractivity contribution in [2.24, 2.45) is 0 Å². The zero-order valence-electron chi connectivity index (χ0n) is 19.2. The van der Waals surface area contributed by atoms with E-state index in [1.54, 1.807) is 48.5 Å². The van der Waals surface area contributed by atoms with E-state index in [1.807, 2.05) is 0 Å². The predicted octanol–water partition coefficient (Wildman–Crippen LogP) is 7.10. The molecule has 0 saturated carbocycles. The molecule has 5 nitrogen and oxygen atoms in total. The molecule has 0 N–H and O–H groups in total. The van der Waals surface area contributed by atoms with E-state index in [-0.39, 0.29) is 16.9 Å². The summed E-state index contributed by atoms with van der Waals surface area (Å²) in [6, 6.07) is 16.8. The van der Waals surface area contributed by atoms with Gasteiger partial charge in [0.1, 0.15) is 24.0 Å². The Balaban J connectivity index is 1.80. The number of ether oxygens (including phenoxy) is 3. The lowest BCUT2D eigenvalue weighted by Gasteiger charge is -2.15. The van der Waals surface area contributed by atoms with Crippen LogP contribution < -0.4 is 9.47 Å². The zero-order valence-corrected chi connectivity index (χ0v) is 19.2. The molecule has 0 aliphatic heterocycles. The summed E-state index contributed by atoms with van der Waals surface area (Å²) in [5, 5.41) is 0. The number of hydrogen-bond donors (Lipinski definition) is 0. The molecule has 0 unspecified atom stereocenters. The molecule has 0 aliphatic carbocycles. The standard InChI is InChI=1S/C28H21F3O5/c1-4-26(32)36-22-11-9-20(10-12-22)19-5-7-21(8-6-19)24-14-13-23(17-25(24)28(29,30)31)34-15-16-35-27(33)18(2)3/h4-17H,1-2H2,3H3/b16-15-. The third kappa shape index (κ3) is 6.73. The predicted molar refractivity (Wildman–Crippen MR) is 129 cm³/mol. The first kappa shape index (κ1) is 26.0. The van der Waals surface area contributed by atoms with Crippen molar-refractivity contribution in [1.82, 2.24) is 0 Å². The molecule has 0 radical (unpaired) electrons. The van der Waals surface area contributed by atoms with E-state index in [2.05, 4.69) is 13.2 Å². The molecule has 184 valence electrons. The Kier molecular flexibility index (Phi) is 8.11. The number of carbonyl (C=O) groups is 2. The summed E-state index contributed by atoms with van der Waals surface area (Å²) >= 11 is 0. The minimum Gasteiger partial charge on any atom is -0.462 e. The summed E-state index contributed by atoms with van der Waals surface area (Å²) in [6.07, 6.45) is -1.69. The third-order valence-electron chi connectivity index (χ3n) is 4.85. The van der Waals surface area contributed by atoms with Crippen LogP contribution in [0.25, 0.3) is 22.3 Å². The van der Waals surface area contributed by atoms with Crippen LogP contribution in [-0.2, 0) is 20.5 Å². The number of benzene rings is 3. The Morgan fingerprint density at radius 2 is 1.39 bits per heavy atom. The molecule has 3 rings (SSSR count). The quantitative estimate of drug-likeness (QED) is 0.145. The molecule has 0 heterocycles. The van der Waals surface area contributed by atoms with E-state index in [0.717, 1.165) is 35.8 Å². The molecule has 36 heavy (non-hydrogen) atoms. The number of carbonyl (C=O) groups excluding carboxylic acids is 2. The highest BCUT2D eigenvalue weighted by molar-refractivity contribution is 5.87. The maximum absolute atomic E-state index is 13.8. The first-order chi connectivity index (χ1) is 17.1. The first-order valence-electron chi connectivity index (χ1n) is 10.5. The van der Waals surface area contributed by atoms with Crippen molar-refractivity contribution >= 4 is 11.9 Å². The van der Waals surface area contributed by atoms with Gasteiger partial charge in [0.25, 0.3) is 0 Å². The van der Waals surface area contributed by atoms with E-state index in [4.69, 9.17) is 14.2 Å². The van der Waals surface area contributed by atoms with Crippen molar-refractivity contribution in [2.75, 3.05) is 0 Å². The van der Waals surface area contributed by atoms with Gasteiger partial charge in [-0.05, 0) is 53.4 Å². The Bertz CT molecular complexity index is 1300. The van der Waals surface area contributed by atoms with Gasteiger partial charge in [-0.3, -0.25) is 0 Å². The summed E-state index contributed by atoms with van der Waals surface area (Å²) in [7, 11) is 0. The fourth-order valence-electron chi connectivity index (χ4n) is 3.09. The lowest BCUT2D eigenvalue weighted by molar-refractivity contribution is -0.137. The molecular weight excluding hydrogens is 473 g/mol. The number of rotatable bonds is 8. The smallest absolute Gasteiger partial charge is 0.417 e. The molecule has 0 aromatic heterocycles.